The summed E-state index contributed by atoms with van der Waals surface area (Å²) >= 11 is 0. The van der Waals surface area contributed by atoms with Gasteiger partial charge in [-0.15, -0.1) is 0 Å². The van der Waals surface area contributed by atoms with Crippen LogP contribution in [-0.4, -0.2) is 19.1 Å². The lowest BCUT2D eigenvalue weighted by atomic mass is 9.99. The number of hydrogen-bond donors (Lipinski definition) is 0. The predicted molar refractivity (Wildman–Crippen MR) is 267 cm³/mol. The first-order valence-electron chi connectivity index (χ1n) is 21.8. The second kappa shape index (κ2) is 14.5. The van der Waals surface area contributed by atoms with Crippen molar-refractivity contribution in [1.82, 2.24) is 19.1 Å². The maximum atomic E-state index is 5.45. The molecule has 0 spiro atoms. The molecule has 3 aromatic heterocycles. The number of benzene rings is 10. The summed E-state index contributed by atoms with van der Waals surface area (Å²) in [6, 6.07) is 82.8. The van der Waals surface area contributed by atoms with Crippen molar-refractivity contribution in [2.45, 2.75) is 0 Å². The van der Waals surface area contributed by atoms with Gasteiger partial charge in [-0.2, -0.15) is 0 Å². The topological polar surface area (TPSA) is 35.6 Å². The minimum absolute atomic E-state index is 0.637. The molecule has 0 bridgehead atoms. The molecule has 0 aliphatic carbocycles. The van der Waals surface area contributed by atoms with E-state index in [1.165, 1.54) is 49.3 Å². The second-order valence-corrected chi connectivity index (χ2v) is 16.6. The predicted octanol–water partition coefficient (Wildman–Crippen LogP) is 15.6. The van der Waals surface area contributed by atoms with E-state index in [1.807, 2.05) is 0 Å². The van der Waals surface area contributed by atoms with Crippen molar-refractivity contribution in [3.63, 3.8) is 0 Å². The van der Waals surface area contributed by atoms with Gasteiger partial charge >= 0.3 is 0 Å². The Bertz CT molecular complexity index is 3860. The number of hydrogen-bond acceptors (Lipinski definition) is 2. The molecule has 3 heterocycles. The zero-order valence-corrected chi connectivity index (χ0v) is 34.7. The lowest BCUT2D eigenvalue weighted by molar-refractivity contribution is 0.997. The maximum Gasteiger partial charge on any atom is 0.235 e. The van der Waals surface area contributed by atoms with Gasteiger partial charge < -0.3 is 4.57 Å². The largest absolute Gasteiger partial charge is 0.309 e. The summed E-state index contributed by atoms with van der Waals surface area (Å²) < 4.78 is 4.65. The fourth-order valence-electron chi connectivity index (χ4n) is 9.96. The molecule has 13 aromatic rings. The number of fused-ring (bicyclic) bond motifs is 8. The minimum Gasteiger partial charge on any atom is -0.309 e. The van der Waals surface area contributed by atoms with E-state index in [-0.39, 0.29) is 0 Å². The van der Waals surface area contributed by atoms with Crippen molar-refractivity contribution in [1.29, 1.82) is 0 Å². The molecule has 298 valence electrons. The molecule has 0 saturated carbocycles. The number of aromatic nitrogens is 4. The van der Waals surface area contributed by atoms with Crippen LogP contribution in [0.25, 0.3) is 122 Å². The molecular formula is C60H38N4. The van der Waals surface area contributed by atoms with E-state index < -0.39 is 0 Å². The van der Waals surface area contributed by atoms with Crippen molar-refractivity contribution in [2.75, 3.05) is 0 Å². The highest BCUT2D eigenvalue weighted by molar-refractivity contribution is 6.13. The first-order chi connectivity index (χ1) is 31.7. The van der Waals surface area contributed by atoms with Crippen molar-refractivity contribution < 1.29 is 0 Å². The Morgan fingerprint density at radius 1 is 0.266 bits per heavy atom. The van der Waals surface area contributed by atoms with Crippen LogP contribution in [0.4, 0.5) is 0 Å². The zero-order valence-electron chi connectivity index (χ0n) is 34.7. The third-order valence-electron chi connectivity index (χ3n) is 12.9. The van der Waals surface area contributed by atoms with Crippen LogP contribution in [0.2, 0.25) is 0 Å². The molecule has 0 N–H and O–H groups in total. The van der Waals surface area contributed by atoms with Gasteiger partial charge in [0.25, 0.3) is 0 Å². The van der Waals surface area contributed by atoms with Crippen molar-refractivity contribution in [3.8, 4) is 56.4 Å². The van der Waals surface area contributed by atoms with E-state index in [2.05, 4.69) is 240 Å². The quantitative estimate of drug-likeness (QED) is 0.168. The van der Waals surface area contributed by atoms with Crippen LogP contribution >= 0.6 is 0 Å². The van der Waals surface area contributed by atoms with Gasteiger partial charge in [0.1, 0.15) is 0 Å². The van der Waals surface area contributed by atoms with Gasteiger partial charge in [-0.25, -0.2) is 9.97 Å². The molecule has 0 fully saturated rings. The Morgan fingerprint density at radius 3 is 1.31 bits per heavy atom. The summed E-state index contributed by atoms with van der Waals surface area (Å²) in [5.74, 6) is 0.637. The number of rotatable bonds is 6. The summed E-state index contributed by atoms with van der Waals surface area (Å²) in [5, 5.41) is 9.43. The molecule has 0 radical (unpaired) electrons. The minimum atomic E-state index is 0.637. The molecule has 64 heavy (non-hydrogen) atoms. The molecule has 13 rings (SSSR count). The Hall–Kier alpha value is -8.60. The van der Waals surface area contributed by atoms with Crippen LogP contribution in [0.1, 0.15) is 0 Å². The van der Waals surface area contributed by atoms with Crippen molar-refractivity contribution >= 4 is 65.2 Å². The second-order valence-electron chi connectivity index (χ2n) is 16.6. The van der Waals surface area contributed by atoms with E-state index in [0.29, 0.717) is 5.95 Å². The van der Waals surface area contributed by atoms with Crippen LogP contribution in [0, 0.1) is 0 Å². The Kier molecular flexibility index (Phi) is 8.18. The van der Waals surface area contributed by atoms with Gasteiger partial charge in [-0.1, -0.05) is 176 Å². The molecule has 10 aromatic carbocycles. The molecule has 0 aliphatic heterocycles. The van der Waals surface area contributed by atoms with E-state index in [9.17, 15) is 0 Å². The molecule has 0 amide bonds. The van der Waals surface area contributed by atoms with Gasteiger partial charge in [0.05, 0.1) is 33.5 Å². The highest BCUT2D eigenvalue weighted by Crippen LogP contribution is 2.40. The fraction of sp³-hybridized carbons (Fsp3) is 0. The third kappa shape index (κ3) is 5.77. The van der Waals surface area contributed by atoms with Crippen molar-refractivity contribution in [2.24, 2.45) is 0 Å². The lowest BCUT2D eigenvalue weighted by Crippen LogP contribution is -2.04. The average molecular weight is 815 g/mol. The van der Waals surface area contributed by atoms with Crippen LogP contribution in [0.5, 0.6) is 0 Å². The average Bonchev–Trinajstić information content (AvgIpc) is 3.88. The van der Waals surface area contributed by atoms with Gasteiger partial charge in [-0.3, -0.25) is 4.57 Å². The van der Waals surface area contributed by atoms with Crippen LogP contribution in [-0.2, 0) is 0 Å². The SMILES string of the molecule is c1ccc(-c2cccc(-n3c4ccccc4c4cc(-c5ccc6c(c5)c5ccccc5n6-c5nc(-c6cccc7ccccc67)cc(-c6cccc7ccccc67)n5)ccc43)c2)cc1. The summed E-state index contributed by atoms with van der Waals surface area (Å²) in [5.41, 5.74) is 14.3. The van der Waals surface area contributed by atoms with E-state index >= 15 is 0 Å². The Balaban J connectivity index is 0.992. The number of nitrogens with zero attached hydrogens (tertiary/aromatic N) is 4. The van der Waals surface area contributed by atoms with Crippen molar-refractivity contribution in [3.05, 3.63) is 231 Å². The Morgan fingerprint density at radius 2 is 0.703 bits per heavy atom. The monoisotopic (exact) mass is 814 g/mol. The standard InChI is InChI=1S/C60H38N4/c1-2-15-39(16-3-1)42-21-12-22-45(35-42)63-56-29-10-8-25-50(56)52-36-43(31-33-58(52)63)44-32-34-59-53(37-44)51-26-9-11-30-57(51)64(59)60-61-54(48-27-13-19-40-17-4-6-23-46(40)48)38-55(62-60)49-28-14-20-41-18-5-7-24-47(41)49/h1-38H. The molecule has 0 unspecified atom stereocenters. The van der Waals surface area contributed by atoms with Gasteiger partial charge in [0.2, 0.25) is 5.95 Å². The van der Waals surface area contributed by atoms with Crippen LogP contribution in [0.15, 0.2) is 231 Å². The number of para-hydroxylation sites is 2. The Labute approximate surface area is 369 Å². The lowest BCUT2D eigenvalue weighted by Gasteiger charge is -2.14. The first-order valence-corrected chi connectivity index (χ1v) is 21.8. The molecule has 4 heteroatoms. The highest BCUT2D eigenvalue weighted by atomic mass is 15.2. The molecule has 0 atom stereocenters. The summed E-state index contributed by atoms with van der Waals surface area (Å²) in [6.07, 6.45) is 0. The summed E-state index contributed by atoms with van der Waals surface area (Å²) in [4.78, 5) is 10.9. The zero-order chi connectivity index (χ0) is 42.1. The van der Waals surface area contributed by atoms with E-state index in [1.54, 1.807) is 0 Å². The van der Waals surface area contributed by atoms with E-state index in [0.717, 1.165) is 66.3 Å². The van der Waals surface area contributed by atoms with Crippen LogP contribution < -0.4 is 0 Å². The molecule has 0 saturated heterocycles. The smallest absolute Gasteiger partial charge is 0.235 e. The van der Waals surface area contributed by atoms with E-state index in [4.69, 9.17) is 9.97 Å². The molecular weight excluding hydrogens is 777 g/mol. The van der Waals surface area contributed by atoms with Gasteiger partial charge in [-0.05, 0) is 98.4 Å². The maximum absolute atomic E-state index is 5.45. The molecule has 0 aliphatic rings. The normalized spacial score (nSPS) is 11.8. The van der Waals surface area contributed by atoms with Gasteiger partial charge in [0.15, 0.2) is 0 Å². The highest BCUT2D eigenvalue weighted by Gasteiger charge is 2.20. The van der Waals surface area contributed by atoms with Crippen LogP contribution in [0.3, 0.4) is 0 Å². The van der Waals surface area contributed by atoms with Gasteiger partial charge in [0, 0.05) is 38.4 Å². The first kappa shape index (κ1) is 36.1. The fourth-order valence-corrected chi connectivity index (χ4v) is 9.96. The summed E-state index contributed by atoms with van der Waals surface area (Å²) in [7, 11) is 0. The summed E-state index contributed by atoms with van der Waals surface area (Å²) in [6.45, 7) is 0. The molecule has 4 nitrogen and oxygen atoms in total. The third-order valence-corrected chi connectivity index (χ3v) is 12.9.